The van der Waals surface area contributed by atoms with Crippen LogP contribution in [-0.2, 0) is 10.6 Å². The molecule has 1 unspecified atom stereocenters. The van der Waals surface area contributed by atoms with Crippen LogP contribution in [0.5, 0.6) is 0 Å². The van der Waals surface area contributed by atoms with Crippen LogP contribution in [-0.4, -0.2) is 41.6 Å². The van der Waals surface area contributed by atoms with Crippen LogP contribution >= 0.6 is 11.6 Å². The maximum absolute atomic E-state index is 11.4. The predicted molar refractivity (Wildman–Crippen MR) is 60.6 cm³/mol. The number of ether oxygens (including phenoxy) is 1. The number of nitrogens with zero attached hydrogens (tertiary/aromatic N) is 2. The monoisotopic (exact) mass is 243 g/mol. The highest BCUT2D eigenvalue weighted by molar-refractivity contribution is 6.16. The third-order valence-electron chi connectivity index (χ3n) is 2.52. The summed E-state index contributed by atoms with van der Waals surface area (Å²) in [7, 11) is 2.01. The molecule has 0 aromatic carbocycles. The van der Waals surface area contributed by atoms with Gasteiger partial charge in [0.2, 0.25) is 0 Å². The summed E-state index contributed by atoms with van der Waals surface area (Å²) in [5, 5.41) is 0. The summed E-state index contributed by atoms with van der Waals surface area (Å²) in [5.41, 5.74) is 0.398. The van der Waals surface area contributed by atoms with Crippen molar-refractivity contribution in [3.05, 3.63) is 27.9 Å². The van der Waals surface area contributed by atoms with Crippen LogP contribution < -0.4 is 5.56 Å². The second kappa shape index (κ2) is 4.95. The van der Waals surface area contributed by atoms with Gasteiger partial charge in [0.15, 0.2) is 0 Å². The number of aromatic nitrogens is 2. The quantitative estimate of drug-likeness (QED) is 0.769. The third kappa shape index (κ3) is 2.61. The third-order valence-corrected chi connectivity index (χ3v) is 2.80. The van der Waals surface area contributed by atoms with E-state index in [4.69, 9.17) is 16.3 Å². The van der Waals surface area contributed by atoms with Gasteiger partial charge in [0.1, 0.15) is 11.9 Å². The van der Waals surface area contributed by atoms with Crippen LogP contribution in [0.3, 0.4) is 0 Å². The van der Waals surface area contributed by atoms with Crippen molar-refractivity contribution in [3.8, 4) is 0 Å². The smallest absolute Gasteiger partial charge is 0.251 e. The molecule has 1 aliphatic rings. The van der Waals surface area contributed by atoms with E-state index >= 15 is 0 Å². The zero-order valence-corrected chi connectivity index (χ0v) is 9.83. The molecule has 1 aromatic rings. The topological polar surface area (TPSA) is 58.2 Å². The van der Waals surface area contributed by atoms with Crippen LogP contribution in [0.2, 0.25) is 0 Å². The van der Waals surface area contributed by atoms with Gasteiger partial charge in [-0.2, -0.15) is 0 Å². The number of alkyl halides is 1. The molecule has 0 radical (unpaired) electrons. The van der Waals surface area contributed by atoms with Gasteiger partial charge in [-0.15, -0.1) is 11.6 Å². The molecule has 2 rings (SSSR count). The van der Waals surface area contributed by atoms with Crippen molar-refractivity contribution in [2.45, 2.75) is 12.0 Å². The van der Waals surface area contributed by atoms with E-state index < -0.39 is 0 Å². The Balaban J connectivity index is 2.25. The zero-order valence-electron chi connectivity index (χ0n) is 9.07. The molecule has 1 N–H and O–H groups in total. The van der Waals surface area contributed by atoms with E-state index in [1.54, 1.807) is 0 Å². The van der Waals surface area contributed by atoms with Crippen LogP contribution in [0.4, 0.5) is 0 Å². The molecule has 0 spiro atoms. The number of likely N-dealkylation sites (N-methyl/N-ethyl adjacent to an activating group) is 1. The Morgan fingerprint density at radius 2 is 2.56 bits per heavy atom. The van der Waals surface area contributed by atoms with E-state index in [0.717, 1.165) is 13.1 Å². The molecule has 1 atom stereocenters. The zero-order chi connectivity index (χ0) is 11.5. The minimum Gasteiger partial charge on any atom is -0.368 e. The Bertz CT molecular complexity index is 421. The Kier molecular flexibility index (Phi) is 3.58. The van der Waals surface area contributed by atoms with Crippen LogP contribution in [0, 0.1) is 0 Å². The molecule has 2 heterocycles. The highest BCUT2D eigenvalue weighted by Crippen LogP contribution is 2.17. The van der Waals surface area contributed by atoms with E-state index in [-0.39, 0.29) is 17.5 Å². The number of rotatable bonds is 2. The molecule has 0 aliphatic carbocycles. The summed E-state index contributed by atoms with van der Waals surface area (Å²) in [5.74, 6) is 0.800. The number of hydrogen-bond acceptors (Lipinski definition) is 4. The first-order valence-corrected chi connectivity index (χ1v) is 5.68. The molecular weight excluding hydrogens is 230 g/mol. The number of nitrogens with one attached hydrogen (secondary N) is 1. The Morgan fingerprint density at radius 3 is 3.25 bits per heavy atom. The summed E-state index contributed by atoms with van der Waals surface area (Å²) in [4.78, 5) is 20.5. The number of aromatic amines is 1. The number of hydrogen-bond donors (Lipinski definition) is 1. The van der Waals surface area contributed by atoms with Crippen LogP contribution in [0.25, 0.3) is 0 Å². The summed E-state index contributed by atoms with van der Waals surface area (Å²) in [6.07, 6.45) is -0.172. The van der Waals surface area contributed by atoms with Gasteiger partial charge in [-0.3, -0.25) is 4.79 Å². The second-order valence-corrected chi connectivity index (χ2v) is 4.14. The van der Waals surface area contributed by atoms with Crippen LogP contribution in [0.1, 0.15) is 17.6 Å². The molecule has 0 saturated carbocycles. The highest BCUT2D eigenvalue weighted by atomic mass is 35.5. The molecule has 16 heavy (non-hydrogen) atoms. The summed E-state index contributed by atoms with van der Waals surface area (Å²) < 4.78 is 5.57. The van der Waals surface area contributed by atoms with Crippen molar-refractivity contribution in [1.29, 1.82) is 0 Å². The molecule has 1 saturated heterocycles. The van der Waals surface area contributed by atoms with E-state index in [9.17, 15) is 4.79 Å². The largest absolute Gasteiger partial charge is 0.368 e. The number of morpholine rings is 1. The first-order chi connectivity index (χ1) is 7.69. The SMILES string of the molecule is CN1CCOC(c2nc(CCl)cc(=O)[nH]2)C1. The molecule has 0 amide bonds. The maximum atomic E-state index is 11.4. The minimum absolute atomic E-state index is 0.172. The van der Waals surface area contributed by atoms with Crippen molar-refractivity contribution in [2.24, 2.45) is 0 Å². The van der Waals surface area contributed by atoms with Gasteiger partial charge >= 0.3 is 0 Å². The molecule has 1 aliphatic heterocycles. The lowest BCUT2D eigenvalue weighted by atomic mass is 10.2. The Hall–Kier alpha value is -0.910. The molecule has 6 heteroatoms. The number of H-pyrrole nitrogens is 1. The van der Waals surface area contributed by atoms with E-state index in [2.05, 4.69) is 14.9 Å². The first-order valence-electron chi connectivity index (χ1n) is 5.15. The van der Waals surface area contributed by atoms with E-state index in [0.29, 0.717) is 18.1 Å². The van der Waals surface area contributed by atoms with Gasteiger partial charge in [-0.25, -0.2) is 4.98 Å². The average molecular weight is 244 g/mol. The molecule has 0 bridgehead atoms. The van der Waals surface area contributed by atoms with Gasteiger partial charge in [0.25, 0.3) is 5.56 Å². The summed E-state index contributed by atoms with van der Waals surface area (Å²) in [6.45, 7) is 2.28. The normalized spacial score (nSPS) is 22.2. The Labute approximate surface area is 98.4 Å². The summed E-state index contributed by atoms with van der Waals surface area (Å²) >= 11 is 5.67. The molecule has 88 valence electrons. The average Bonchev–Trinajstić information content (AvgIpc) is 2.28. The lowest BCUT2D eigenvalue weighted by molar-refractivity contribution is -0.0256. The molecule has 5 nitrogen and oxygen atoms in total. The number of halogens is 1. The van der Waals surface area contributed by atoms with Crippen molar-refractivity contribution in [1.82, 2.24) is 14.9 Å². The predicted octanol–water partition coefficient (Wildman–Crippen LogP) is 0.512. The fraction of sp³-hybridized carbons (Fsp3) is 0.600. The minimum atomic E-state index is -0.183. The van der Waals surface area contributed by atoms with Crippen molar-refractivity contribution < 1.29 is 4.74 Å². The van der Waals surface area contributed by atoms with Gasteiger partial charge < -0.3 is 14.6 Å². The van der Waals surface area contributed by atoms with Gasteiger partial charge in [0.05, 0.1) is 18.2 Å². The van der Waals surface area contributed by atoms with E-state index in [1.165, 1.54) is 6.07 Å². The van der Waals surface area contributed by atoms with Gasteiger partial charge in [-0.05, 0) is 7.05 Å². The lowest BCUT2D eigenvalue weighted by Crippen LogP contribution is -2.36. The second-order valence-electron chi connectivity index (χ2n) is 3.88. The fourth-order valence-corrected chi connectivity index (χ4v) is 1.83. The fourth-order valence-electron chi connectivity index (χ4n) is 1.69. The van der Waals surface area contributed by atoms with Crippen LogP contribution in [0.15, 0.2) is 10.9 Å². The maximum Gasteiger partial charge on any atom is 0.251 e. The van der Waals surface area contributed by atoms with Gasteiger partial charge in [0, 0.05) is 19.2 Å². The molecular formula is C10H14ClN3O2. The lowest BCUT2D eigenvalue weighted by Gasteiger charge is -2.29. The van der Waals surface area contributed by atoms with Crippen molar-refractivity contribution in [3.63, 3.8) is 0 Å². The highest BCUT2D eigenvalue weighted by Gasteiger charge is 2.21. The van der Waals surface area contributed by atoms with Crippen molar-refractivity contribution in [2.75, 3.05) is 26.7 Å². The molecule has 1 aromatic heterocycles. The van der Waals surface area contributed by atoms with Gasteiger partial charge in [-0.1, -0.05) is 0 Å². The Morgan fingerprint density at radius 1 is 1.75 bits per heavy atom. The standard InChI is InChI=1S/C10H14ClN3O2/c1-14-2-3-16-8(6-14)10-12-7(5-11)4-9(15)13-10/h4,8H,2-3,5-6H2,1H3,(H,12,13,15). The summed E-state index contributed by atoms with van der Waals surface area (Å²) in [6, 6.07) is 1.41. The van der Waals surface area contributed by atoms with Crippen molar-refractivity contribution >= 4 is 11.6 Å². The van der Waals surface area contributed by atoms with E-state index in [1.807, 2.05) is 7.05 Å². The first kappa shape index (κ1) is 11.6. The molecule has 1 fully saturated rings.